The first kappa shape index (κ1) is 17.4. The number of rotatable bonds is 3. The van der Waals surface area contributed by atoms with E-state index < -0.39 is 5.79 Å². The monoisotopic (exact) mass is 343 g/mol. The van der Waals surface area contributed by atoms with Crippen molar-refractivity contribution in [3.8, 4) is 6.07 Å². The number of anilines is 1. The fourth-order valence-electron chi connectivity index (χ4n) is 3.29. The van der Waals surface area contributed by atoms with Crippen LogP contribution in [0.5, 0.6) is 0 Å². The van der Waals surface area contributed by atoms with Crippen LogP contribution < -0.4 is 4.90 Å². The lowest BCUT2D eigenvalue weighted by atomic mass is 10.0. The second-order valence-corrected chi connectivity index (χ2v) is 6.22. The fourth-order valence-corrected chi connectivity index (χ4v) is 3.29. The highest BCUT2D eigenvalue weighted by Gasteiger charge is 2.41. The summed E-state index contributed by atoms with van der Waals surface area (Å²) < 4.78 is 11.3. The van der Waals surface area contributed by atoms with Crippen LogP contribution in [0.1, 0.15) is 25.3 Å². The van der Waals surface area contributed by atoms with E-state index in [0.29, 0.717) is 50.4 Å². The summed E-state index contributed by atoms with van der Waals surface area (Å²) in [5, 5.41) is 9.24. The molecule has 1 spiro atoms. The lowest BCUT2D eigenvalue weighted by molar-refractivity contribution is -0.187. The molecule has 0 bridgehead atoms. The van der Waals surface area contributed by atoms with Crippen LogP contribution in [0.15, 0.2) is 24.3 Å². The molecule has 0 saturated carbocycles. The van der Waals surface area contributed by atoms with Gasteiger partial charge in [0.15, 0.2) is 5.79 Å². The number of para-hydroxylation sites is 1. The van der Waals surface area contributed by atoms with Crippen molar-refractivity contribution in [1.29, 1.82) is 5.26 Å². The molecule has 2 heterocycles. The predicted molar refractivity (Wildman–Crippen MR) is 89.6 cm³/mol. The number of nitriles is 1. The summed E-state index contributed by atoms with van der Waals surface area (Å²) in [7, 11) is 0. The molecule has 2 amide bonds. The van der Waals surface area contributed by atoms with Gasteiger partial charge in [0.2, 0.25) is 11.8 Å². The second kappa shape index (κ2) is 7.21. The van der Waals surface area contributed by atoms with Crippen molar-refractivity contribution in [3.63, 3.8) is 0 Å². The van der Waals surface area contributed by atoms with Crippen LogP contribution in [0.4, 0.5) is 5.69 Å². The van der Waals surface area contributed by atoms with Gasteiger partial charge in [0.1, 0.15) is 12.6 Å². The van der Waals surface area contributed by atoms with Crippen molar-refractivity contribution in [3.05, 3.63) is 29.8 Å². The molecule has 0 atom stereocenters. The Bertz CT molecular complexity index is 697. The maximum Gasteiger partial charge on any atom is 0.242 e. The average molecular weight is 343 g/mol. The number of benzene rings is 1. The number of piperidine rings is 1. The molecule has 0 aliphatic carbocycles. The Morgan fingerprint density at radius 1 is 1.24 bits per heavy atom. The minimum atomic E-state index is -0.537. The van der Waals surface area contributed by atoms with Gasteiger partial charge in [0.25, 0.3) is 0 Å². The van der Waals surface area contributed by atoms with Gasteiger partial charge >= 0.3 is 0 Å². The normalized spacial score (nSPS) is 18.8. The van der Waals surface area contributed by atoms with Crippen molar-refractivity contribution in [1.82, 2.24) is 4.90 Å². The van der Waals surface area contributed by atoms with Crippen molar-refractivity contribution in [2.45, 2.75) is 25.6 Å². The molecule has 7 heteroatoms. The molecule has 2 aliphatic heterocycles. The van der Waals surface area contributed by atoms with Crippen molar-refractivity contribution >= 4 is 17.5 Å². The second-order valence-electron chi connectivity index (χ2n) is 6.22. The third-order valence-electron chi connectivity index (χ3n) is 4.68. The SMILES string of the molecule is CC(=O)N(CC(=O)N1CCC2(CC1)OCCO2)c1ccccc1C#N. The maximum atomic E-state index is 12.7. The highest BCUT2D eigenvalue weighted by atomic mass is 16.7. The number of hydrogen-bond acceptors (Lipinski definition) is 5. The van der Waals surface area contributed by atoms with Gasteiger partial charge in [0.05, 0.1) is 24.5 Å². The van der Waals surface area contributed by atoms with Gasteiger partial charge in [-0.3, -0.25) is 9.59 Å². The summed E-state index contributed by atoms with van der Waals surface area (Å²) in [5.41, 5.74) is 0.831. The molecule has 132 valence electrons. The number of nitrogens with zero attached hydrogens (tertiary/aromatic N) is 3. The number of hydrogen-bond donors (Lipinski definition) is 0. The standard InChI is InChI=1S/C18H21N3O4/c1-14(22)21(16-5-3-2-4-15(16)12-19)13-17(23)20-8-6-18(7-9-20)24-10-11-25-18/h2-5H,6-11,13H2,1H3. The minimum absolute atomic E-state index is 0.0806. The van der Waals surface area contributed by atoms with Crippen LogP contribution in [0.25, 0.3) is 0 Å². The number of amides is 2. The van der Waals surface area contributed by atoms with Gasteiger partial charge in [-0.05, 0) is 12.1 Å². The summed E-state index contributed by atoms with van der Waals surface area (Å²) in [6.07, 6.45) is 1.27. The quantitative estimate of drug-likeness (QED) is 0.825. The van der Waals surface area contributed by atoms with Gasteiger partial charge in [-0.15, -0.1) is 0 Å². The number of ether oxygens (including phenoxy) is 2. The van der Waals surface area contributed by atoms with Crippen LogP contribution in [-0.4, -0.2) is 55.3 Å². The van der Waals surface area contributed by atoms with Crippen molar-refractivity contribution in [2.75, 3.05) is 37.7 Å². The maximum absolute atomic E-state index is 12.7. The minimum Gasteiger partial charge on any atom is -0.347 e. The van der Waals surface area contributed by atoms with E-state index in [4.69, 9.17) is 9.47 Å². The Balaban J connectivity index is 1.68. The Labute approximate surface area is 146 Å². The highest BCUT2D eigenvalue weighted by molar-refractivity contribution is 5.98. The molecule has 0 unspecified atom stereocenters. The number of likely N-dealkylation sites (tertiary alicyclic amines) is 1. The van der Waals surface area contributed by atoms with Crippen molar-refractivity contribution in [2.24, 2.45) is 0 Å². The first-order chi connectivity index (χ1) is 12.0. The molecular weight excluding hydrogens is 322 g/mol. The molecule has 1 aromatic carbocycles. The lowest BCUT2D eigenvalue weighted by Crippen LogP contribution is -2.50. The molecule has 3 rings (SSSR count). The highest BCUT2D eigenvalue weighted by Crippen LogP contribution is 2.31. The van der Waals surface area contributed by atoms with E-state index in [0.717, 1.165) is 0 Å². The fraction of sp³-hybridized carbons (Fsp3) is 0.500. The summed E-state index contributed by atoms with van der Waals surface area (Å²) in [5.74, 6) is -0.951. The van der Waals surface area contributed by atoms with E-state index in [1.165, 1.54) is 11.8 Å². The molecule has 0 radical (unpaired) electrons. The number of carbonyl (C=O) groups excluding carboxylic acids is 2. The topological polar surface area (TPSA) is 82.9 Å². The molecule has 1 aromatic rings. The molecular formula is C18H21N3O4. The Kier molecular flexibility index (Phi) is 5.02. The van der Waals surface area contributed by atoms with Crippen LogP contribution in [0.2, 0.25) is 0 Å². The van der Waals surface area contributed by atoms with E-state index in [-0.39, 0.29) is 18.4 Å². The largest absolute Gasteiger partial charge is 0.347 e. The Hall–Kier alpha value is -2.43. The van der Waals surface area contributed by atoms with Gasteiger partial charge < -0.3 is 19.3 Å². The van der Waals surface area contributed by atoms with Gasteiger partial charge in [0, 0.05) is 32.9 Å². The van der Waals surface area contributed by atoms with Gasteiger partial charge in [-0.1, -0.05) is 12.1 Å². The summed E-state index contributed by atoms with van der Waals surface area (Å²) in [6, 6.07) is 8.85. The zero-order valence-corrected chi connectivity index (χ0v) is 14.2. The molecule has 0 N–H and O–H groups in total. The van der Waals surface area contributed by atoms with Crippen LogP contribution in [0, 0.1) is 11.3 Å². The summed E-state index contributed by atoms with van der Waals surface area (Å²) in [6.45, 7) is 3.57. The van der Waals surface area contributed by atoms with Gasteiger partial charge in [-0.2, -0.15) is 5.26 Å². The third kappa shape index (κ3) is 3.65. The van der Waals surface area contributed by atoms with E-state index in [1.54, 1.807) is 29.2 Å². The molecule has 2 aliphatic rings. The predicted octanol–water partition coefficient (Wildman–Crippen LogP) is 1.28. The molecule has 25 heavy (non-hydrogen) atoms. The number of carbonyl (C=O) groups is 2. The van der Waals surface area contributed by atoms with Crippen LogP contribution in [-0.2, 0) is 19.1 Å². The first-order valence-electron chi connectivity index (χ1n) is 8.37. The smallest absolute Gasteiger partial charge is 0.242 e. The molecule has 2 saturated heterocycles. The first-order valence-corrected chi connectivity index (χ1v) is 8.37. The van der Waals surface area contributed by atoms with E-state index in [1.807, 2.05) is 0 Å². The third-order valence-corrected chi connectivity index (χ3v) is 4.68. The van der Waals surface area contributed by atoms with E-state index in [9.17, 15) is 14.9 Å². The van der Waals surface area contributed by atoms with Crippen LogP contribution in [0.3, 0.4) is 0 Å². The zero-order valence-electron chi connectivity index (χ0n) is 14.2. The van der Waals surface area contributed by atoms with Crippen molar-refractivity contribution < 1.29 is 19.1 Å². The molecule has 7 nitrogen and oxygen atoms in total. The lowest BCUT2D eigenvalue weighted by Gasteiger charge is -2.38. The average Bonchev–Trinajstić information content (AvgIpc) is 3.08. The van der Waals surface area contributed by atoms with Gasteiger partial charge in [-0.25, -0.2) is 0 Å². The van der Waals surface area contributed by atoms with E-state index in [2.05, 4.69) is 6.07 Å². The summed E-state index contributed by atoms with van der Waals surface area (Å²) >= 11 is 0. The Morgan fingerprint density at radius 3 is 2.48 bits per heavy atom. The van der Waals surface area contributed by atoms with E-state index >= 15 is 0 Å². The Morgan fingerprint density at radius 2 is 1.88 bits per heavy atom. The zero-order chi connectivity index (χ0) is 17.9. The summed E-state index contributed by atoms with van der Waals surface area (Å²) in [4.78, 5) is 27.8. The molecule has 0 aromatic heterocycles. The molecule has 2 fully saturated rings. The van der Waals surface area contributed by atoms with Crippen LogP contribution >= 0.6 is 0 Å².